The van der Waals surface area contributed by atoms with Crippen molar-refractivity contribution in [3.63, 3.8) is 0 Å². The van der Waals surface area contributed by atoms with Crippen LogP contribution in [0.3, 0.4) is 0 Å². The van der Waals surface area contributed by atoms with Crippen LogP contribution in [0, 0.1) is 12.7 Å². The number of carbonyl (C=O) groups is 2. The number of carbonyl (C=O) groups excluding carboxylic acids is 2. The molecule has 0 radical (unpaired) electrons. The van der Waals surface area contributed by atoms with Gasteiger partial charge in [0.15, 0.2) is 11.6 Å². The number of nitrogens with zero attached hydrogens (tertiary/aromatic N) is 2. The molecular formula is C17H20FN3O2. The summed E-state index contributed by atoms with van der Waals surface area (Å²) in [7, 11) is 0. The first kappa shape index (κ1) is 16.9. The molecule has 1 amide bonds. The Morgan fingerprint density at radius 1 is 1.22 bits per heavy atom. The fourth-order valence-corrected chi connectivity index (χ4v) is 2.22. The average molecular weight is 317 g/mol. The number of anilines is 1. The van der Waals surface area contributed by atoms with Crippen LogP contribution in [0.25, 0.3) is 0 Å². The highest BCUT2D eigenvalue weighted by Gasteiger charge is 2.11. The third kappa shape index (κ3) is 4.74. The Morgan fingerprint density at radius 2 is 1.91 bits per heavy atom. The normalized spacial score (nSPS) is 10.6. The third-order valence-corrected chi connectivity index (χ3v) is 3.43. The Kier molecular flexibility index (Phi) is 5.62. The first-order valence-electron chi connectivity index (χ1n) is 7.62. The summed E-state index contributed by atoms with van der Waals surface area (Å²) in [6.07, 6.45) is 1.10. The van der Waals surface area contributed by atoms with Crippen LogP contribution in [0.2, 0.25) is 0 Å². The highest BCUT2D eigenvalue weighted by molar-refractivity contribution is 5.99. The molecule has 0 bridgehead atoms. The number of amides is 1. The van der Waals surface area contributed by atoms with Crippen molar-refractivity contribution in [2.75, 3.05) is 5.32 Å². The Hall–Kier alpha value is -2.50. The molecule has 0 atom stereocenters. The van der Waals surface area contributed by atoms with E-state index in [-0.39, 0.29) is 24.5 Å². The zero-order valence-electron chi connectivity index (χ0n) is 13.3. The first-order chi connectivity index (χ1) is 11.0. The fourth-order valence-electron chi connectivity index (χ4n) is 2.22. The predicted molar refractivity (Wildman–Crippen MR) is 85.8 cm³/mol. The van der Waals surface area contributed by atoms with Crippen LogP contribution >= 0.6 is 0 Å². The molecule has 0 aliphatic rings. The van der Waals surface area contributed by atoms with E-state index in [2.05, 4.69) is 17.3 Å². The number of aromatic nitrogens is 2. The zero-order chi connectivity index (χ0) is 16.8. The highest BCUT2D eigenvalue weighted by Crippen LogP contribution is 2.11. The molecule has 0 aliphatic heterocycles. The molecular weight excluding hydrogens is 297 g/mol. The van der Waals surface area contributed by atoms with Gasteiger partial charge < -0.3 is 5.32 Å². The molecule has 1 aromatic heterocycles. The predicted octanol–water partition coefficient (Wildman–Crippen LogP) is 3.34. The Bertz CT molecular complexity index is 692. The van der Waals surface area contributed by atoms with E-state index in [9.17, 15) is 14.0 Å². The summed E-state index contributed by atoms with van der Waals surface area (Å²) in [6, 6.07) is 7.11. The van der Waals surface area contributed by atoms with Crippen molar-refractivity contribution in [2.24, 2.45) is 0 Å². The standard InChI is InChI=1S/C17H20FN3O2/c1-3-10-21-12(2)11-16(20-21)19-17(23)9-8-15(22)13-4-6-14(18)7-5-13/h4-7,11H,3,8-10H2,1-2H3,(H,19,20,23). The van der Waals surface area contributed by atoms with E-state index in [1.54, 1.807) is 6.07 Å². The Morgan fingerprint density at radius 3 is 2.57 bits per heavy atom. The second kappa shape index (κ2) is 7.67. The molecule has 0 saturated heterocycles. The SMILES string of the molecule is CCCn1nc(NC(=O)CCC(=O)c2ccc(F)cc2)cc1C. The van der Waals surface area contributed by atoms with E-state index in [4.69, 9.17) is 0 Å². The van der Waals surface area contributed by atoms with E-state index in [1.165, 1.54) is 24.3 Å². The Balaban J connectivity index is 1.86. The summed E-state index contributed by atoms with van der Waals surface area (Å²) in [6.45, 7) is 4.78. The summed E-state index contributed by atoms with van der Waals surface area (Å²) >= 11 is 0. The van der Waals surface area contributed by atoms with Crippen molar-refractivity contribution in [3.8, 4) is 0 Å². The minimum absolute atomic E-state index is 0.0654. The maximum absolute atomic E-state index is 12.8. The maximum Gasteiger partial charge on any atom is 0.226 e. The van der Waals surface area contributed by atoms with Crippen LogP contribution in [0.1, 0.15) is 42.2 Å². The van der Waals surface area contributed by atoms with Crippen molar-refractivity contribution >= 4 is 17.5 Å². The number of hydrogen-bond donors (Lipinski definition) is 1. The van der Waals surface area contributed by atoms with Gasteiger partial charge in [0.25, 0.3) is 0 Å². The monoisotopic (exact) mass is 317 g/mol. The molecule has 2 aromatic rings. The smallest absolute Gasteiger partial charge is 0.226 e. The number of Topliss-reactive ketones (excluding diaryl/α,β-unsaturated/α-hetero) is 1. The van der Waals surface area contributed by atoms with Crippen molar-refractivity contribution < 1.29 is 14.0 Å². The molecule has 1 heterocycles. The molecule has 0 aliphatic carbocycles. The lowest BCUT2D eigenvalue weighted by molar-refractivity contribution is -0.116. The molecule has 23 heavy (non-hydrogen) atoms. The lowest BCUT2D eigenvalue weighted by atomic mass is 10.1. The molecule has 0 saturated carbocycles. The third-order valence-electron chi connectivity index (χ3n) is 3.43. The van der Waals surface area contributed by atoms with Gasteiger partial charge in [-0.1, -0.05) is 6.92 Å². The van der Waals surface area contributed by atoms with Crippen molar-refractivity contribution in [3.05, 3.63) is 47.4 Å². The topological polar surface area (TPSA) is 64.0 Å². The zero-order valence-corrected chi connectivity index (χ0v) is 13.3. The van der Waals surface area contributed by atoms with Gasteiger partial charge in [-0.05, 0) is 37.6 Å². The number of nitrogens with one attached hydrogen (secondary N) is 1. The summed E-state index contributed by atoms with van der Waals surface area (Å²) in [4.78, 5) is 23.8. The molecule has 122 valence electrons. The lowest BCUT2D eigenvalue weighted by Crippen LogP contribution is -2.14. The van der Waals surface area contributed by atoms with Crippen LogP contribution in [0.5, 0.6) is 0 Å². The van der Waals surface area contributed by atoms with E-state index >= 15 is 0 Å². The van der Waals surface area contributed by atoms with Gasteiger partial charge in [-0.15, -0.1) is 0 Å². The highest BCUT2D eigenvalue weighted by atomic mass is 19.1. The molecule has 6 heteroatoms. The molecule has 0 fully saturated rings. The fraction of sp³-hybridized carbons (Fsp3) is 0.353. The van der Waals surface area contributed by atoms with E-state index in [0.29, 0.717) is 11.4 Å². The molecule has 1 aromatic carbocycles. The average Bonchev–Trinajstić information content (AvgIpc) is 2.85. The van der Waals surface area contributed by atoms with Crippen molar-refractivity contribution in [1.29, 1.82) is 0 Å². The summed E-state index contributed by atoms with van der Waals surface area (Å²) in [5, 5.41) is 6.99. The van der Waals surface area contributed by atoms with Gasteiger partial charge in [0.05, 0.1) is 0 Å². The first-order valence-corrected chi connectivity index (χ1v) is 7.62. The maximum atomic E-state index is 12.8. The van der Waals surface area contributed by atoms with Gasteiger partial charge in [0, 0.05) is 36.7 Å². The molecule has 0 unspecified atom stereocenters. The minimum atomic E-state index is -0.391. The molecule has 5 nitrogen and oxygen atoms in total. The van der Waals surface area contributed by atoms with E-state index in [1.807, 2.05) is 11.6 Å². The quantitative estimate of drug-likeness (QED) is 0.797. The largest absolute Gasteiger partial charge is 0.309 e. The van der Waals surface area contributed by atoms with Gasteiger partial charge in [-0.25, -0.2) is 4.39 Å². The van der Waals surface area contributed by atoms with Crippen LogP contribution < -0.4 is 5.32 Å². The van der Waals surface area contributed by atoms with E-state index < -0.39 is 5.82 Å². The van der Waals surface area contributed by atoms with Gasteiger partial charge in [0.2, 0.25) is 5.91 Å². The van der Waals surface area contributed by atoms with Crippen LogP contribution in [0.4, 0.5) is 10.2 Å². The van der Waals surface area contributed by atoms with Gasteiger partial charge >= 0.3 is 0 Å². The second-order valence-corrected chi connectivity index (χ2v) is 5.37. The number of ketones is 1. The summed E-state index contributed by atoms with van der Waals surface area (Å²) < 4.78 is 14.6. The summed E-state index contributed by atoms with van der Waals surface area (Å²) in [5.74, 6) is -0.345. The van der Waals surface area contributed by atoms with Crippen molar-refractivity contribution in [1.82, 2.24) is 9.78 Å². The number of halogens is 1. The van der Waals surface area contributed by atoms with Crippen molar-refractivity contribution in [2.45, 2.75) is 39.7 Å². The number of aryl methyl sites for hydroxylation is 2. The van der Waals surface area contributed by atoms with Gasteiger partial charge in [-0.3, -0.25) is 14.3 Å². The summed E-state index contributed by atoms with van der Waals surface area (Å²) in [5.41, 5.74) is 1.38. The molecule has 2 rings (SSSR count). The number of rotatable bonds is 7. The number of benzene rings is 1. The van der Waals surface area contributed by atoms with E-state index in [0.717, 1.165) is 18.7 Å². The van der Waals surface area contributed by atoms with Gasteiger partial charge in [-0.2, -0.15) is 5.10 Å². The molecule has 1 N–H and O–H groups in total. The Labute approximate surface area is 134 Å². The van der Waals surface area contributed by atoms with Crippen LogP contribution in [-0.4, -0.2) is 21.5 Å². The van der Waals surface area contributed by atoms with Crippen LogP contribution in [-0.2, 0) is 11.3 Å². The van der Waals surface area contributed by atoms with Gasteiger partial charge in [0.1, 0.15) is 5.82 Å². The second-order valence-electron chi connectivity index (χ2n) is 5.37. The lowest BCUT2D eigenvalue weighted by Gasteiger charge is -2.03. The minimum Gasteiger partial charge on any atom is -0.309 e. The molecule has 0 spiro atoms. The van der Waals surface area contributed by atoms with Crippen LogP contribution in [0.15, 0.2) is 30.3 Å². The number of hydrogen-bond acceptors (Lipinski definition) is 3.